The maximum absolute atomic E-state index is 11.8. The first-order chi connectivity index (χ1) is 8.97. The summed E-state index contributed by atoms with van der Waals surface area (Å²) in [5.41, 5.74) is 1.01. The molecule has 1 aliphatic rings. The Hall–Kier alpha value is -2.18. The van der Waals surface area contributed by atoms with Crippen molar-refractivity contribution >= 4 is 17.6 Å². The van der Waals surface area contributed by atoms with Gasteiger partial charge in [0.2, 0.25) is 11.8 Å². The van der Waals surface area contributed by atoms with Crippen LogP contribution in [0.1, 0.15) is 30.2 Å². The van der Waals surface area contributed by atoms with E-state index in [2.05, 4.69) is 10.1 Å². The minimum atomic E-state index is -0.548. The normalized spacial score (nSPS) is 15.4. The fraction of sp³-hybridized carbons (Fsp3) is 0.500. The lowest BCUT2D eigenvalue weighted by Crippen LogP contribution is -2.32. The summed E-state index contributed by atoms with van der Waals surface area (Å²) in [7, 11) is 1.51. The summed E-state index contributed by atoms with van der Waals surface area (Å²) >= 11 is 0. The molecule has 19 heavy (non-hydrogen) atoms. The molecule has 0 fully saturated rings. The molecule has 0 spiro atoms. The van der Waals surface area contributed by atoms with Gasteiger partial charge in [-0.1, -0.05) is 0 Å². The van der Waals surface area contributed by atoms with Crippen molar-refractivity contribution < 1.29 is 18.7 Å². The van der Waals surface area contributed by atoms with E-state index in [1.807, 2.05) is 6.92 Å². The summed E-state index contributed by atoms with van der Waals surface area (Å²) in [5, 5.41) is 5.03. The number of esters is 1. The number of ether oxygens (including phenoxy) is 1. The molecule has 0 unspecified atom stereocenters. The van der Waals surface area contributed by atoms with Crippen molar-refractivity contribution in [3.8, 4) is 0 Å². The van der Waals surface area contributed by atoms with E-state index in [1.165, 1.54) is 7.05 Å². The molecule has 1 aromatic heterocycles. The Labute approximate surface area is 110 Å². The maximum atomic E-state index is 11.8. The Morgan fingerprint density at radius 2 is 2.16 bits per heavy atom. The standard InChI is InChI=1S/C12H15N3O4/c1-7-8(2)19-10(13-7)6-18-12(17)9-4-5-11(16)15(3)14-9/h4-6H2,1-3H3. The van der Waals surface area contributed by atoms with E-state index in [0.29, 0.717) is 18.1 Å². The predicted molar refractivity (Wildman–Crippen MR) is 65.2 cm³/mol. The zero-order valence-electron chi connectivity index (χ0n) is 11.1. The van der Waals surface area contributed by atoms with Gasteiger partial charge >= 0.3 is 5.97 Å². The van der Waals surface area contributed by atoms with E-state index in [-0.39, 0.29) is 24.6 Å². The summed E-state index contributed by atoms with van der Waals surface area (Å²) < 4.78 is 10.4. The zero-order chi connectivity index (χ0) is 14.0. The first-order valence-electron chi connectivity index (χ1n) is 5.91. The van der Waals surface area contributed by atoms with Crippen LogP contribution in [0.2, 0.25) is 0 Å². The number of hydrogen-bond donors (Lipinski definition) is 0. The van der Waals surface area contributed by atoms with Gasteiger partial charge in [-0.15, -0.1) is 0 Å². The largest absolute Gasteiger partial charge is 0.451 e. The molecule has 0 bridgehead atoms. The molecule has 0 atom stereocenters. The molecule has 102 valence electrons. The van der Waals surface area contributed by atoms with Gasteiger partial charge in [-0.3, -0.25) is 4.79 Å². The van der Waals surface area contributed by atoms with Gasteiger partial charge in [-0.25, -0.2) is 14.8 Å². The van der Waals surface area contributed by atoms with Gasteiger partial charge in [-0.05, 0) is 13.8 Å². The fourth-order valence-corrected chi connectivity index (χ4v) is 1.63. The van der Waals surface area contributed by atoms with Crippen LogP contribution in [-0.2, 0) is 20.9 Å². The molecule has 0 radical (unpaired) electrons. The Morgan fingerprint density at radius 1 is 1.42 bits per heavy atom. The molecule has 1 amide bonds. The van der Waals surface area contributed by atoms with Crippen molar-refractivity contribution in [2.75, 3.05) is 7.05 Å². The summed E-state index contributed by atoms with van der Waals surface area (Å²) in [4.78, 5) is 27.1. The second-order valence-electron chi connectivity index (χ2n) is 4.29. The van der Waals surface area contributed by atoms with Crippen LogP contribution in [0.15, 0.2) is 9.52 Å². The molecular formula is C12H15N3O4. The van der Waals surface area contributed by atoms with Crippen LogP contribution in [0.5, 0.6) is 0 Å². The number of amides is 1. The van der Waals surface area contributed by atoms with Gasteiger partial charge in [-0.2, -0.15) is 5.10 Å². The van der Waals surface area contributed by atoms with E-state index < -0.39 is 5.97 Å². The number of nitrogens with zero attached hydrogens (tertiary/aromatic N) is 3. The highest BCUT2D eigenvalue weighted by Crippen LogP contribution is 2.11. The third-order valence-electron chi connectivity index (χ3n) is 2.84. The van der Waals surface area contributed by atoms with Crippen LogP contribution >= 0.6 is 0 Å². The monoisotopic (exact) mass is 265 g/mol. The van der Waals surface area contributed by atoms with E-state index in [4.69, 9.17) is 9.15 Å². The van der Waals surface area contributed by atoms with E-state index in [9.17, 15) is 9.59 Å². The van der Waals surface area contributed by atoms with Crippen molar-refractivity contribution in [3.63, 3.8) is 0 Å². The topological polar surface area (TPSA) is 85.0 Å². The number of hydrazone groups is 1. The summed E-state index contributed by atoms with van der Waals surface area (Å²) in [6.07, 6.45) is 0.563. The van der Waals surface area contributed by atoms with Crippen LogP contribution in [0, 0.1) is 13.8 Å². The van der Waals surface area contributed by atoms with Crippen molar-refractivity contribution in [1.82, 2.24) is 9.99 Å². The molecule has 0 aliphatic carbocycles. The summed E-state index contributed by atoms with van der Waals surface area (Å²) in [5.74, 6) is 0.388. The van der Waals surface area contributed by atoms with Gasteiger partial charge in [0, 0.05) is 19.9 Å². The van der Waals surface area contributed by atoms with Gasteiger partial charge in [0.05, 0.1) is 5.69 Å². The predicted octanol–water partition coefficient (Wildman–Crippen LogP) is 0.943. The molecule has 0 saturated heterocycles. The third-order valence-corrected chi connectivity index (χ3v) is 2.84. The van der Waals surface area contributed by atoms with Gasteiger partial charge in [0.1, 0.15) is 11.5 Å². The molecule has 7 nitrogen and oxygen atoms in total. The lowest BCUT2D eigenvalue weighted by Gasteiger charge is -2.18. The molecule has 2 heterocycles. The highest BCUT2D eigenvalue weighted by Gasteiger charge is 2.23. The lowest BCUT2D eigenvalue weighted by molar-refractivity contribution is -0.138. The number of carbonyl (C=O) groups excluding carboxylic acids is 2. The van der Waals surface area contributed by atoms with Crippen molar-refractivity contribution in [2.24, 2.45) is 5.10 Å². The molecule has 1 aliphatic heterocycles. The third kappa shape index (κ3) is 2.98. The molecule has 0 N–H and O–H groups in total. The number of hydrogen-bond acceptors (Lipinski definition) is 6. The number of aryl methyl sites for hydroxylation is 2. The Balaban J connectivity index is 1.95. The van der Waals surface area contributed by atoms with E-state index in [0.717, 1.165) is 10.7 Å². The lowest BCUT2D eigenvalue weighted by atomic mass is 10.2. The quantitative estimate of drug-likeness (QED) is 0.759. The van der Waals surface area contributed by atoms with Crippen molar-refractivity contribution in [1.29, 1.82) is 0 Å². The molecular weight excluding hydrogens is 250 g/mol. The highest BCUT2D eigenvalue weighted by atomic mass is 16.5. The number of carbonyl (C=O) groups is 2. The van der Waals surface area contributed by atoms with E-state index >= 15 is 0 Å². The average Bonchev–Trinajstić information content (AvgIpc) is 2.69. The highest BCUT2D eigenvalue weighted by molar-refractivity contribution is 6.37. The average molecular weight is 265 g/mol. The fourth-order valence-electron chi connectivity index (χ4n) is 1.63. The Kier molecular flexibility index (Phi) is 3.64. The SMILES string of the molecule is Cc1nc(COC(=O)C2=NN(C)C(=O)CC2)oc1C. The smallest absolute Gasteiger partial charge is 0.355 e. The van der Waals surface area contributed by atoms with Crippen molar-refractivity contribution in [3.05, 3.63) is 17.3 Å². The van der Waals surface area contributed by atoms with Gasteiger partial charge in [0.15, 0.2) is 6.61 Å². The minimum Gasteiger partial charge on any atom is -0.451 e. The van der Waals surface area contributed by atoms with Gasteiger partial charge in [0.25, 0.3) is 0 Å². The number of oxazole rings is 1. The summed E-state index contributed by atoms with van der Waals surface area (Å²) in [6.45, 7) is 3.57. The molecule has 0 saturated carbocycles. The first-order valence-corrected chi connectivity index (χ1v) is 5.91. The number of rotatable bonds is 3. The molecule has 2 rings (SSSR count). The van der Waals surface area contributed by atoms with Crippen LogP contribution < -0.4 is 0 Å². The molecule has 1 aromatic rings. The van der Waals surface area contributed by atoms with Crippen LogP contribution in [-0.4, -0.2) is 34.6 Å². The molecule has 0 aromatic carbocycles. The zero-order valence-corrected chi connectivity index (χ0v) is 11.1. The van der Waals surface area contributed by atoms with Crippen molar-refractivity contribution in [2.45, 2.75) is 33.3 Å². The minimum absolute atomic E-state index is 0.0375. The summed E-state index contributed by atoms with van der Waals surface area (Å²) in [6, 6.07) is 0. The Morgan fingerprint density at radius 3 is 2.74 bits per heavy atom. The number of aromatic nitrogens is 1. The van der Waals surface area contributed by atoms with Crippen LogP contribution in [0.3, 0.4) is 0 Å². The van der Waals surface area contributed by atoms with Crippen LogP contribution in [0.25, 0.3) is 0 Å². The first kappa shape index (κ1) is 13.3. The molecule has 7 heteroatoms. The second-order valence-corrected chi connectivity index (χ2v) is 4.29. The van der Waals surface area contributed by atoms with Crippen LogP contribution in [0.4, 0.5) is 0 Å². The Bertz CT molecular complexity index is 528. The second kappa shape index (κ2) is 5.21. The van der Waals surface area contributed by atoms with E-state index in [1.54, 1.807) is 6.92 Å². The van der Waals surface area contributed by atoms with Gasteiger partial charge < -0.3 is 9.15 Å². The maximum Gasteiger partial charge on any atom is 0.355 e.